The molecule has 28 heavy (non-hydrogen) atoms. The molecule has 0 aromatic heterocycles. The summed E-state index contributed by atoms with van der Waals surface area (Å²) < 4.78 is 31.0. The van der Waals surface area contributed by atoms with Gasteiger partial charge in [0.2, 0.25) is 0 Å². The fraction of sp³-hybridized carbons (Fsp3) is 0.333. The first kappa shape index (κ1) is 20.1. The van der Waals surface area contributed by atoms with Gasteiger partial charge >= 0.3 is 0 Å². The van der Waals surface area contributed by atoms with E-state index in [-0.39, 0.29) is 0 Å². The minimum absolute atomic E-state index is 0.331. The molecule has 0 bridgehead atoms. The summed E-state index contributed by atoms with van der Waals surface area (Å²) in [5, 5.41) is 1.27. The van der Waals surface area contributed by atoms with Crippen LogP contribution in [-0.4, -0.2) is 42.0 Å². The predicted octanol–water partition coefficient (Wildman–Crippen LogP) is 3.26. The molecular weight excluding hydrogens is 378 g/mol. The first-order chi connectivity index (χ1) is 13.3. The summed E-state index contributed by atoms with van der Waals surface area (Å²) in [6.07, 6.45) is 4.07. The van der Waals surface area contributed by atoms with Crippen molar-refractivity contribution in [1.82, 2.24) is 4.90 Å². The summed E-state index contributed by atoms with van der Waals surface area (Å²) in [6, 6.07) is 8.53. The summed E-state index contributed by atoms with van der Waals surface area (Å²) in [5.41, 5.74) is 1.42. The molecule has 0 atom stereocenters. The normalized spacial score (nSPS) is 13.6. The number of hydrogen-bond donors (Lipinski definition) is 1. The van der Waals surface area contributed by atoms with E-state index >= 15 is 0 Å². The van der Waals surface area contributed by atoms with Crippen molar-refractivity contribution in [3.63, 3.8) is 0 Å². The van der Waals surface area contributed by atoms with E-state index in [2.05, 4.69) is 18.8 Å². The molecule has 0 radical (unpaired) electrons. The van der Waals surface area contributed by atoms with Crippen LogP contribution in [-0.2, 0) is 10.1 Å². The number of unbranched alkanes of at least 4 members (excludes halogenated alkanes) is 3. The van der Waals surface area contributed by atoms with Crippen LogP contribution in [0, 0.1) is 11.8 Å². The molecule has 0 fully saturated rings. The Hall–Kier alpha value is -2.69. The van der Waals surface area contributed by atoms with Crippen molar-refractivity contribution in [3.8, 4) is 11.8 Å². The lowest BCUT2D eigenvalue weighted by Gasteiger charge is -2.27. The van der Waals surface area contributed by atoms with Gasteiger partial charge in [-0.15, -0.1) is 0 Å². The van der Waals surface area contributed by atoms with E-state index in [4.69, 9.17) is 4.55 Å². The van der Waals surface area contributed by atoms with Crippen molar-refractivity contribution in [3.05, 3.63) is 47.0 Å². The van der Waals surface area contributed by atoms with E-state index in [0.717, 1.165) is 41.5 Å². The van der Waals surface area contributed by atoms with Gasteiger partial charge in [0.25, 0.3) is 21.9 Å². The molecular formula is C21H21NO5S. The first-order valence-electron chi connectivity index (χ1n) is 9.19. The summed E-state index contributed by atoms with van der Waals surface area (Å²) in [5.74, 6) is 4.45. The van der Waals surface area contributed by atoms with Gasteiger partial charge in [-0.1, -0.05) is 43.7 Å². The lowest BCUT2D eigenvalue weighted by molar-refractivity contribution is 0.0620. The minimum atomic E-state index is -4.29. The minimum Gasteiger partial charge on any atom is -0.285 e. The highest BCUT2D eigenvalue weighted by Crippen LogP contribution is 2.32. The second-order valence-electron chi connectivity index (χ2n) is 6.70. The van der Waals surface area contributed by atoms with Crippen LogP contribution in [0.4, 0.5) is 0 Å². The summed E-state index contributed by atoms with van der Waals surface area (Å²) in [6.45, 7) is 1.73. The number of nitrogens with zero attached hydrogens (tertiary/aromatic N) is 1. The van der Waals surface area contributed by atoms with Crippen LogP contribution in [0.3, 0.4) is 0 Å². The van der Waals surface area contributed by atoms with Gasteiger partial charge in [-0.25, -0.2) is 0 Å². The summed E-state index contributed by atoms with van der Waals surface area (Å²) >= 11 is 0. The van der Waals surface area contributed by atoms with Crippen LogP contribution < -0.4 is 0 Å². The van der Waals surface area contributed by atoms with E-state index in [9.17, 15) is 18.0 Å². The molecule has 3 rings (SSSR count). The lowest BCUT2D eigenvalue weighted by atomic mass is 9.91. The second-order valence-corrected chi connectivity index (χ2v) is 8.27. The maximum Gasteiger partial charge on any atom is 0.266 e. The molecule has 2 aromatic carbocycles. The number of imide groups is 1. The Morgan fingerprint density at radius 3 is 2.43 bits per heavy atom. The van der Waals surface area contributed by atoms with Gasteiger partial charge < -0.3 is 0 Å². The van der Waals surface area contributed by atoms with Crippen molar-refractivity contribution in [2.75, 3.05) is 12.3 Å². The highest BCUT2D eigenvalue weighted by atomic mass is 32.2. The van der Waals surface area contributed by atoms with E-state index in [0.29, 0.717) is 16.5 Å². The van der Waals surface area contributed by atoms with Crippen LogP contribution in [0.15, 0.2) is 30.3 Å². The van der Waals surface area contributed by atoms with Gasteiger partial charge in [0.05, 0.1) is 5.75 Å². The average molecular weight is 399 g/mol. The van der Waals surface area contributed by atoms with Gasteiger partial charge in [-0.3, -0.25) is 19.0 Å². The van der Waals surface area contributed by atoms with E-state index in [1.54, 1.807) is 24.3 Å². The zero-order chi connectivity index (χ0) is 20.3. The first-order valence-corrected chi connectivity index (χ1v) is 10.8. The van der Waals surface area contributed by atoms with Crippen molar-refractivity contribution in [2.24, 2.45) is 0 Å². The van der Waals surface area contributed by atoms with Crippen LogP contribution in [0.5, 0.6) is 0 Å². The predicted molar refractivity (Wildman–Crippen MR) is 107 cm³/mol. The molecule has 2 aromatic rings. The Balaban J connectivity index is 2.00. The number of carbonyl (C=O) groups excluding carboxylic acids is 2. The molecule has 0 aliphatic carbocycles. The fourth-order valence-electron chi connectivity index (χ4n) is 3.29. The van der Waals surface area contributed by atoms with Crippen molar-refractivity contribution in [1.29, 1.82) is 0 Å². The largest absolute Gasteiger partial charge is 0.285 e. The molecule has 1 heterocycles. The third-order valence-electron chi connectivity index (χ3n) is 4.69. The zero-order valence-corrected chi connectivity index (χ0v) is 16.4. The molecule has 1 aliphatic heterocycles. The number of hydrogen-bond acceptors (Lipinski definition) is 4. The van der Waals surface area contributed by atoms with Gasteiger partial charge in [0.15, 0.2) is 0 Å². The lowest BCUT2D eigenvalue weighted by Crippen LogP contribution is -2.42. The Labute approximate surface area is 164 Å². The average Bonchev–Trinajstić information content (AvgIpc) is 2.65. The quantitative estimate of drug-likeness (QED) is 0.348. The monoisotopic (exact) mass is 399 g/mol. The van der Waals surface area contributed by atoms with Gasteiger partial charge in [-0.2, -0.15) is 8.42 Å². The van der Waals surface area contributed by atoms with Crippen molar-refractivity contribution >= 4 is 32.7 Å². The van der Waals surface area contributed by atoms with Crippen molar-refractivity contribution in [2.45, 2.75) is 32.6 Å². The van der Waals surface area contributed by atoms with Crippen LogP contribution >= 0.6 is 0 Å². The SMILES string of the molecule is CCCCCC#Cc1ccc2c3c(cccc13)C(=O)N(CCS(=O)(=O)O)C2=O. The Morgan fingerprint density at radius 1 is 1.04 bits per heavy atom. The number of carbonyl (C=O) groups is 2. The number of benzene rings is 2. The Bertz CT molecular complexity index is 1090. The highest BCUT2D eigenvalue weighted by Gasteiger charge is 2.33. The molecule has 0 spiro atoms. The Kier molecular flexibility index (Phi) is 5.82. The fourth-order valence-corrected chi connectivity index (χ4v) is 3.70. The van der Waals surface area contributed by atoms with Gasteiger partial charge in [0, 0.05) is 35.0 Å². The van der Waals surface area contributed by atoms with Crippen LogP contribution in [0.25, 0.3) is 10.8 Å². The molecule has 0 saturated heterocycles. The standard InChI is InChI=1S/C21H21NO5S/c1-2-3-4-5-6-8-15-11-12-18-19-16(15)9-7-10-17(19)20(23)22(21(18)24)13-14-28(25,26)27/h7,9-12H,2-5,13-14H2,1H3,(H,25,26,27). The summed E-state index contributed by atoms with van der Waals surface area (Å²) in [7, 11) is -4.29. The van der Waals surface area contributed by atoms with Crippen molar-refractivity contribution < 1.29 is 22.6 Å². The molecule has 0 saturated carbocycles. The third-order valence-corrected chi connectivity index (χ3v) is 5.39. The molecule has 0 unspecified atom stereocenters. The molecule has 146 valence electrons. The zero-order valence-electron chi connectivity index (χ0n) is 15.6. The van der Waals surface area contributed by atoms with Crippen LogP contribution in [0.2, 0.25) is 0 Å². The number of rotatable bonds is 6. The van der Waals surface area contributed by atoms with Gasteiger partial charge in [0.1, 0.15) is 0 Å². The maximum absolute atomic E-state index is 12.8. The van der Waals surface area contributed by atoms with E-state index in [1.807, 2.05) is 6.07 Å². The molecule has 6 nitrogen and oxygen atoms in total. The Morgan fingerprint density at radius 2 is 1.75 bits per heavy atom. The van der Waals surface area contributed by atoms with E-state index < -0.39 is 34.2 Å². The smallest absolute Gasteiger partial charge is 0.266 e. The third kappa shape index (κ3) is 4.08. The maximum atomic E-state index is 12.8. The molecule has 7 heteroatoms. The number of amides is 2. The van der Waals surface area contributed by atoms with Gasteiger partial charge in [-0.05, 0) is 30.0 Å². The topological polar surface area (TPSA) is 91.8 Å². The molecule has 1 N–H and O–H groups in total. The van der Waals surface area contributed by atoms with Crippen LogP contribution in [0.1, 0.15) is 58.9 Å². The molecule has 1 aliphatic rings. The second kappa shape index (κ2) is 8.13. The highest BCUT2D eigenvalue weighted by molar-refractivity contribution is 7.85. The van der Waals surface area contributed by atoms with E-state index in [1.165, 1.54) is 0 Å². The summed E-state index contributed by atoms with van der Waals surface area (Å²) in [4.78, 5) is 26.4. The molecule has 2 amide bonds.